The smallest absolute Gasteiger partial charge is 0.262 e. The Bertz CT molecular complexity index is 572. The third-order valence-electron chi connectivity index (χ3n) is 4.53. The predicted octanol–water partition coefficient (Wildman–Crippen LogP) is 0.447. The Morgan fingerprint density at radius 1 is 1.38 bits per heavy atom. The third kappa shape index (κ3) is 4.18. The van der Waals surface area contributed by atoms with Gasteiger partial charge in [-0.15, -0.1) is 0 Å². The summed E-state index contributed by atoms with van der Waals surface area (Å²) in [5.41, 5.74) is 0.853. The van der Waals surface area contributed by atoms with Crippen molar-refractivity contribution in [1.82, 2.24) is 20.5 Å². The normalized spacial score (nSPS) is 24.1. The van der Waals surface area contributed by atoms with Crippen LogP contribution in [0.25, 0.3) is 0 Å². The van der Waals surface area contributed by atoms with Crippen LogP contribution in [0.4, 0.5) is 14.6 Å². The molecule has 0 aliphatic carbocycles. The molecule has 0 radical (unpaired) electrons. The summed E-state index contributed by atoms with van der Waals surface area (Å²) in [6.45, 7) is 3.77. The number of likely N-dealkylation sites (N-methyl/N-ethyl adjacent to an activating group) is 1. The summed E-state index contributed by atoms with van der Waals surface area (Å²) in [6.07, 6.45) is 1.28. The zero-order valence-electron chi connectivity index (χ0n) is 13.8. The number of alkyl halides is 2. The lowest BCUT2D eigenvalue weighted by Crippen LogP contribution is -2.44. The average molecular weight is 339 g/mol. The van der Waals surface area contributed by atoms with Crippen LogP contribution in [-0.2, 0) is 11.3 Å². The van der Waals surface area contributed by atoms with Crippen molar-refractivity contribution >= 4 is 11.7 Å². The summed E-state index contributed by atoms with van der Waals surface area (Å²) in [7, 11) is 2.10. The summed E-state index contributed by atoms with van der Waals surface area (Å²) in [4.78, 5) is 20.9. The number of pyridine rings is 1. The van der Waals surface area contributed by atoms with Gasteiger partial charge < -0.3 is 15.1 Å². The van der Waals surface area contributed by atoms with E-state index >= 15 is 0 Å². The maximum Gasteiger partial charge on any atom is 0.262 e. The molecule has 1 atom stereocenters. The molecule has 2 aliphatic heterocycles. The molecular weight excluding hydrogens is 316 g/mol. The Hall–Kier alpha value is -1.80. The quantitative estimate of drug-likeness (QED) is 0.834. The minimum Gasteiger partial charge on any atom is -0.354 e. The van der Waals surface area contributed by atoms with E-state index in [9.17, 15) is 13.6 Å². The number of halogens is 2. The van der Waals surface area contributed by atoms with E-state index in [1.54, 1.807) is 6.20 Å². The molecule has 1 aromatic rings. The lowest BCUT2D eigenvalue weighted by atomic mass is 10.2. The lowest BCUT2D eigenvalue weighted by Gasteiger charge is -2.33. The Morgan fingerprint density at radius 3 is 2.71 bits per heavy atom. The number of amides is 1. The van der Waals surface area contributed by atoms with E-state index in [2.05, 4.69) is 32.5 Å². The van der Waals surface area contributed by atoms with Gasteiger partial charge in [-0.25, -0.2) is 13.8 Å². The second-order valence-corrected chi connectivity index (χ2v) is 6.53. The van der Waals surface area contributed by atoms with E-state index in [-0.39, 0.29) is 0 Å². The van der Waals surface area contributed by atoms with Gasteiger partial charge in [-0.05, 0) is 18.7 Å². The molecule has 0 saturated carbocycles. The highest BCUT2D eigenvalue weighted by molar-refractivity contribution is 5.82. The highest BCUT2D eigenvalue weighted by Crippen LogP contribution is 2.25. The van der Waals surface area contributed by atoms with E-state index in [1.807, 2.05) is 12.1 Å². The molecule has 2 N–H and O–H groups in total. The second kappa shape index (κ2) is 6.98. The number of hydrogen-bond acceptors (Lipinski definition) is 5. The monoisotopic (exact) mass is 339 g/mol. The van der Waals surface area contributed by atoms with Gasteiger partial charge in [0.2, 0.25) is 5.91 Å². The van der Waals surface area contributed by atoms with Crippen molar-refractivity contribution in [3.05, 3.63) is 23.9 Å². The van der Waals surface area contributed by atoms with E-state index < -0.39 is 30.8 Å². The van der Waals surface area contributed by atoms with E-state index in [0.29, 0.717) is 6.54 Å². The zero-order valence-corrected chi connectivity index (χ0v) is 13.8. The van der Waals surface area contributed by atoms with Crippen LogP contribution >= 0.6 is 0 Å². The number of aromatic nitrogens is 1. The van der Waals surface area contributed by atoms with Crippen LogP contribution in [0.5, 0.6) is 0 Å². The van der Waals surface area contributed by atoms with Gasteiger partial charge >= 0.3 is 0 Å². The van der Waals surface area contributed by atoms with Crippen LogP contribution in [0, 0.1) is 0 Å². The predicted molar refractivity (Wildman–Crippen MR) is 87.1 cm³/mol. The Kier molecular flexibility index (Phi) is 4.96. The van der Waals surface area contributed by atoms with E-state index in [0.717, 1.165) is 37.6 Å². The van der Waals surface area contributed by atoms with Gasteiger partial charge in [-0.1, -0.05) is 6.07 Å². The highest BCUT2D eigenvalue weighted by atomic mass is 19.3. The number of rotatable bonds is 4. The fourth-order valence-corrected chi connectivity index (χ4v) is 2.96. The van der Waals surface area contributed by atoms with Gasteiger partial charge in [0.05, 0.1) is 12.6 Å². The summed E-state index contributed by atoms with van der Waals surface area (Å²) in [6, 6.07) is 3.03. The first-order valence-electron chi connectivity index (χ1n) is 8.20. The fraction of sp³-hybridized carbons (Fsp3) is 0.625. The summed E-state index contributed by atoms with van der Waals surface area (Å²) in [5.74, 6) is -2.26. The summed E-state index contributed by atoms with van der Waals surface area (Å²) < 4.78 is 26.2. The topological polar surface area (TPSA) is 60.5 Å². The van der Waals surface area contributed by atoms with Gasteiger partial charge in [-0.2, -0.15) is 0 Å². The third-order valence-corrected chi connectivity index (χ3v) is 4.53. The molecule has 0 bridgehead atoms. The molecule has 0 aromatic carbocycles. The minimum atomic E-state index is -2.80. The SMILES string of the molecule is CN1CCN(c2ccc(CNC(=O)C3CC(F)(F)CN3)cn2)CC1. The molecular formula is C16H23F2N5O. The Balaban J connectivity index is 1.49. The molecule has 132 valence electrons. The van der Waals surface area contributed by atoms with E-state index in [4.69, 9.17) is 0 Å². The standard InChI is InChI=1S/C16H23F2N5O/c1-22-4-6-23(7-5-22)14-3-2-12(9-19-14)10-20-15(24)13-8-16(17,18)11-21-13/h2-3,9,13,21H,4-8,10-11H2,1H3,(H,20,24). The largest absolute Gasteiger partial charge is 0.354 e. The van der Waals surface area contributed by atoms with Crippen molar-refractivity contribution in [3.63, 3.8) is 0 Å². The van der Waals surface area contributed by atoms with Crippen molar-refractivity contribution in [2.45, 2.75) is 24.9 Å². The molecule has 3 heterocycles. The first-order valence-corrected chi connectivity index (χ1v) is 8.20. The van der Waals surface area contributed by atoms with Crippen LogP contribution in [0.3, 0.4) is 0 Å². The van der Waals surface area contributed by atoms with Crippen molar-refractivity contribution in [2.24, 2.45) is 0 Å². The molecule has 1 amide bonds. The van der Waals surface area contributed by atoms with Crippen LogP contribution in [-0.4, -0.2) is 67.5 Å². The molecule has 1 aromatic heterocycles. The van der Waals surface area contributed by atoms with Crippen LogP contribution in [0.2, 0.25) is 0 Å². The van der Waals surface area contributed by atoms with Gasteiger partial charge in [-0.3, -0.25) is 10.1 Å². The van der Waals surface area contributed by atoms with Crippen molar-refractivity contribution < 1.29 is 13.6 Å². The summed E-state index contributed by atoms with van der Waals surface area (Å²) >= 11 is 0. The van der Waals surface area contributed by atoms with Gasteiger partial charge in [0.1, 0.15) is 5.82 Å². The van der Waals surface area contributed by atoms with Gasteiger partial charge in [0.25, 0.3) is 5.92 Å². The van der Waals surface area contributed by atoms with Gasteiger partial charge in [0, 0.05) is 45.3 Å². The lowest BCUT2D eigenvalue weighted by molar-refractivity contribution is -0.123. The molecule has 0 spiro atoms. The fourth-order valence-electron chi connectivity index (χ4n) is 2.96. The summed E-state index contributed by atoms with van der Waals surface area (Å²) in [5, 5.41) is 5.24. The molecule has 24 heavy (non-hydrogen) atoms. The molecule has 6 nitrogen and oxygen atoms in total. The number of carbonyl (C=O) groups is 1. The van der Waals surface area contributed by atoms with Crippen molar-refractivity contribution in [1.29, 1.82) is 0 Å². The van der Waals surface area contributed by atoms with Crippen molar-refractivity contribution in [2.75, 3.05) is 44.7 Å². The molecule has 3 rings (SSSR count). The maximum absolute atomic E-state index is 13.1. The molecule has 2 saturated heterocycles. The molecule has 1 unspecified atom stereocenters. The number of nitrogens with one attached hydrogen (secondary N) is 2. The van der Waals surface area contributed by atoms with Gasteiger partial charge in [0.15, 0.2) is 0 Å². The molecule has 2 fully saturated rings. The number of piperazine rings is 1. The van der Waals surface area contributed by atoms with E-state index in [1.165, 1.54) is 0 Å². The van der Waals surface area contributed by atoms with Crippen LogP contribution in [0.15, 0.2) is 18.3 Å². The average Bonchev–Trinajstić information content (AvgIpc) is 2.94. The number of anilines is 1. The molecule has 2 aliphatic rings. The maximum atomic E-state index is 13.1. The Morgan fingerprint density at radius 2 is 2.12 bits per heavy atom. The number of nitrogens with zero attached hydrogens (tertiary/aromatic N) is 3. The number of carbonyl (C=O) groups excluding carboxylic acids is 1. The highest BCUT2D eigenvalue weighted by Gasteiger charge is 2.42. The molecule has 8 heteroatoms. The first-order chi connectivity index (χ1) is 11.4. The van der Waals surface area contributed by atoms with Crippen LogP contribution in [0.1, 0.15) is 12.0 Å². The van der Waals surface area contributed by atoms with Crippen LogP contribution < -0.4 is 15.5 Å². The number of hydrogen-bond donors (Lipinski definition) is 2. The zero-order chi connectivity index (χ0) is 17.2. The minimum absolute atomic E-state index is 0.290. The van der Waals surface area contributed by atoms with Crippen molar-refractivity contribution in [3.8, 4) is 0 Å². The Labute approximate surface area is 140 Å². The first kappa shape index (κ1) is 17.0. The second-order valence-electron chi connectivity index (χ2n) is 6.53.